The number of hydrogen-bond donors (Lipinski definition) is 0. The molecule has 6 nitrogen and oxygen atoms in total. The van der Waals surface area contributed by atoms with Crippen molar-refractivity contribution in [1.82, 2.24) is 19.8 Å². The molecule has 4 rings (SSSR count). The van der Waals surface area contributed by atoms with Crippen LogP contribution in [0.4, 0.5) is 0 Å². The van der Waals surface area contributed by atoms with Crippen molar-refractivity contribution in [1.29, 1.82) is 0 Å². The zero-order valence-electron chi connectivity index (χ0n) is 15.6. The number of rotatable bonds is 6. The summed E-state index contributed by atoms with van der Waals surface area (Å²) in [5, 5.41) is 7.82. The van der Waals surface area contributed by atoms with Crippen LogP contribution in [0.25, 0.3) is 11.3 Å². The molecule has 0 saturated heterocycles. The van der Waals surface area contributed by atoms with E-state index in [1.807, 2.05) is 43.3 Å². The van der Waals surface area contributed by atoms with Crippen molar-refractivity contribution >= 4 is 5.57 Å². The van der Waals surface area contributed by atoms with Crippen LogP contribution in [-0.2, 0) is 13.7 Å². The maximum atomic E-state index is 12.4. The summed E-state index contributed by atoms with van der Waals surface area (Å²) in [5.74, 6) is 1.49. The normalized spacial score (nSPS) is 13.6. The third-order valence-corrected chi connectivity index (χ3v) is 4.87. The van der Waals surface area contributed by atoms with Crippen LogP contribution in [0.5, 0.6) is 5.75 Å². The second-order valence-corrected chi connectivity index (χ2v) is 6.98. The van der Waals surface area contributed by atoms with E-state index in [1.54, 1.807) is 7.05 Å². The number of aryl methyl sites for hydroxylation is 1. The fourth-order valence-corrected chi connectivity index (χ4v) is 3.28. The first-order chi connectivity index (χ1) is 13.1. The first kappa shape index (κ1) is 17.3. The number of aromatic nitrogens is 4. The van der Waals surface area contributed by atoms with E-state index in [-0.39, 0.29) is 5.69 Å². The highest BCUT2D eigenvalue weighted by Crippen LogP contribution is 2.44. The van der Waals surface area contributed by atoms with E-state index in [1.165, 1.54) is 27.8 Å². The van der Waals surface area contributed by atoms with Crippen molar-refractivity contribution in [3.8, 4) is 11.4 Å². The molecule has 1 heterocycles. The van der Waals surface area contributed by atoms with Gasteiger partial charge < -0.3 is 4.74 Å². The summed E-state index contributed by atoms with van der Waals surface area (Å²) in [5.41, 5.74) is 4.35. The standard InChI is InChI=1S/C21H22N4O2/c1-14(2)16-8-6-9-19(25-21(26)24(3)22-23-25)18(16)13-27-20-10-5-4-7-17(20)15-11-12-15/h4-10,15H,1,11-13H2,2-3H3. The molecule has 27 heavy (non-hydrogen) atoms. The van der Waals surface area contributed by atoms with Crippen molar-refractivity contribution < 1.29 is 4.74 Å². The first-order valence-corrected chi connectivity index (χ1v) is 9.05. The highest BCUT2D eigenvalue weighted by molar-refractivity contribution is 5.68. The molecule has 0 N–H and O–H groups in total. The molecule has 1 aliphatic carbocycles. The average Bonchev–Trinajstić information content (AvgIpc) is 3.46. The molecule has 1 saturated carbocycles. The summed E-state index contributed by atoms with van der Waals surface area (Å²) < 4.78 is 8.72. The molecule has 0 radical (unpaired) electrons. The Morgan fingerprint density at radius 1 is 1.19 bits per heavy atom. The molecule has 2 aromatic carbocycles. The maximum absolute atomic E-state index is 12.4. The Morgan fingerprint density at radius 2 is 1.96 bits per heavy atom. The SMILES string of the molecule is C=C(C)c1cccc(-n2nnn(C)c2=O)c1COc1ccccc1C1CC1. The first-order valence-electron chi connectivity index (χ1n) is 9.05. The lowest BCUT2D eigenvalue weighted by Crippen LogP contribution is -2.23. The van der Waals surface area contributed by atoms with Gasteiger partial charge in [-0.25, -0.2) is 4.79 Å². The number of para-hydroxylation sites is 1. The molecular weight excluding hydrogens is 340 g/mol. The molecule has 0 unspecified atom stereocenters. The van der Waals surface area contributed by atoms with Crippen LogP contribution in [0.3, 0.4) is 0 Å². The van der Waals surface area contributed by atoms with Crippen molar-refractivity contribution in [2.45, 2.75) is 32.3 Å². The Morgan fingerprint density at radius 3 is 2.63 bits per heavy atom. The van der Waals surface area contributed by atoms with Crippen LogP contribution in [0.15, 0.2) is 53.8 Å². The van der Waals surface area contributed by atoms with Gasteiger partial charge in [-0.1, -0.05) is 42.5 Å². The zero-order valence-corrected chi connectivity index (χ0v) is 15.6. The van der Waals surface area contributed by atoms with E-state index in [0.717, 1.165) is 22.4 Å². The minimum atomic E-state index is -0.298. The molecule has 0 amide bonds. The van der Waals surface area contributed by atoms with E-state index < -0.39 is 0 Å². The molecule has 1 aromatic heterocycles. The van der Waals surface area contributed by atoms with Gasteiger partial charge in [0.2, 0.25) is 0 Å². The van der Waals surface area contributed by atoms with Gasteiger partial charge in [0.25, 0.3) is 0 Å². The lowest BCUT2D eigenvalue weighted by Gasteiger charge is -2.16. The number of ether oxygens (including phenoxy) is 1. The summed E-state index contributed by atoms with van der Waals surface area (Å²) in [6.07, 6.45) is 2.42. The van der Waals surface area contributed by atoms with Crippen LogP contribution in [0, 0.1) is 0 Å². The molecule has 138 valence electrons. The predicted octanol–water partition coefficient (Wildman–Crippen LogP) is 3.46. The summed E-state index contributed by atoms with van der Waals surface area (Å²) in [6, 6.07) is 13.9. The molecule has 0 spiro atoms. The van der Waals surface area contributed by atoms with Crippen LogP contribution in [0.1, 0.15) is 42.4 Å². The Bertz CT molecular complexity index is 1060. The number of nitrogens with zero attached hydrogens (tertiary/aromatic N) is 4. The van der Waals surface area contributed by atoms with Gasteiger partial charge in [0.15, 0.2) is 0 Å². The van der Waals surface area contributed by atoms with Gasteiger partial charge in [-0.2, -0.15) is 9.36 Å². The minimum absolute atomic E-state index is 0.298. The summed E-state index contributed by atoms with van der Waals surface area (Å²) in [7, 11) is 1.58. The van der Waals surface area contributed by atoms with E-state index in [9.17, 15) is 4.79 Å². The summed E-state index contributed by atoms with van der Waals surface area (Å²) in [6.45, 7) is 6.34. The van der Waals surface area contributed by atoms with Gasteiger partial charge in [-0.05, 0) is 59.4 Å². The highest BCUT2D eigenvalue weighted by Gasteiger charge is 2.26. The topological polar surface area (TPSA) is 61.9 Å². The lowest BCUT2D eigenvalue weighted by atomic mass is 10.0. The Hall–Kier alpha value is -3.15. The number of hydrogen-bond acceptors (Lipinski definition) is 4. The van der Waals surface area contributed by atoms with E-state index in [0.29, 0.717) is 18.2 Å². The van der Waals surface area contributed by atoms with E-state index >= 15 is 0 Å². The minimum Gasteiger partial charge on any atom is -0.489 e. The van der Waals surface area contributed by atoms with Crippen LogP contribution < -0.4 is 10.4 Å². The van der Waals surface area contributed by atoms with Crippen molar-refractivity contribution in [3.05, 3.63) is 76.2 Å². The lowest BCUT2D eigenvalue weighted by molar-refractivity contribution is 0.302. The monoisotopic (exact) mass is 362 g/mol. The van der Waals surface area contributed by atoms with E-state index in [2.05, 4.69) is 23.1 Å². The number of allylic oxidation sites excluding steroid dienone is 1. The van der Waals surface area contributed by atoms with Crippen LogP contribution >= 0.6 is 0 Å². The molecule has 1 fully saturated rings. The summed E-state index contributed by atoms with van der Waals surface area (Å²) >= 11 is 0. The van der Waals surface area contributed by atoms with Crippen LogP contribution in [0.2, 0.25) is 0 Å². The Balaban J connectivity index is 1.74. The molecule has 1 aliphatic rings. The average molecular weight is 362 g/mol. The maximum Gasteiger partial charge on any atom is 0.368 e. The molecule has 6 heteroatoms. The van der Waals surface area contributed by atoms with Gasteiger partial charge in [0.1, 0.15) is 12.4 Å². The fraction of sp³-hybridized carbons (Fsp3) is 0.286. The fourth-order valence-electron chi connectivity index (χ4n) is 3.28. The molecule has 3 aromatic rings. The Kier molecular flexibility index (Phi) is 4.39. The molecule has 0 aliphatic heterocycles. The number of tetrazole rings is 1. The molecule has 0 atom stereocenters. The predicted molar refractivity (Wildman–Crippen MR) is 104 cm³/mol. The highest BCUT2D eigenvalue weighted by atomic mass is 16.5. The summed E-state index contributed by atoms with van der Waals surface area (Å²) in [4.78, 5) is 12.4. The second-order valence-electron chi connectivity index (χ2n) is 6.98. The van der Waals surface area contributed by atoms with Gasteiger partial charge in [-0.15, -0.1) is 0 Å². The van der Waals surface area contributed by atoms with E-state index in [4.69, 9.17) is 4.74 Å². The third kappa shape index (κ3) is 3.30. The van der Waals surface area contributed by atoms with Gasteiger partial charge in [0, 0.05) is 12.6 Å². The smallest absolute Gasteiger partial charge is 0.368 e. The second kappa shape index (κ2) is 6.87. The van der Waals surface area contributed by atoms with Gasteiger partial charge in [0.05, 0.1) is 5.69 Å². The zero-order chi connectivity index (χ0) is 19.0. The van der Waals surface area contributed by atoms with Crippen molar-refractivity contribution in [3.63, 3.8) is 0 Å². The van der Waals surface area contributed by atoms with Gasteiger partial charge in [-0.3, -0.25) is 0 Å². The van der Waals surface area contributed by atoms with Crippen molar-refractivity contribution in [2.75, 3.05) is 0 Å². The molecule has 0 bridgehead atoms. The molecular formula is C21H22N4O2. The van der Waals surface area contributed by atoms with Crippen LogP contribution in [-0.4, -0.2) is 19.8 Å². The largest absolute Gasteiger partial charge is 0.489 e. The quantitative estimate of drug-likeness (QED) is 0.674. The van der Waals surface area contributed by atoms with Crippen molar-refractivity contribution in [2.24, 2.45) is 7.05 Å². The third-order valence-electron chi connectivity index (χ3n) is 4.87. The Labute approximate surface area is 157 Å². The number of benzene rings is 2. The van der Waals surface area contributed by atoms with Gasteiger partial charge >= 0.3 is 5.69 Å².